The van der Waals surface area contributed by atoms with Gasteiger partial charge in [0.2, 0.25) is 5.54 Å². The maximum absolute atomic E-state index is 11.3. The molecule has 0 saturated heterocycles. The Bertz CT molecular complexity index is 213. The van der Waals surface area contributed by atoms with Crippen LogP contribution in [0.3, 0.4) is 0 Å². The highest BCUT2D eigenvalue weighted by Crippen LogP contribution is 2.05. The number of hydrogen-bond acceptors (Lipinski definition) is 5. The largest absolute Gasteiger partial charge is 0.467 e. The highest BCUT2D eigenvalue weighted by atomic mass is 16.6. The van der Waals surface area contributed by atoms with Gasteiger partial charge in [0.1, 0.15) is 0 Å². The molecule has 1 unspecified atom stereocenters. The molecule has 0 saturated carbocycles. The van der Waals surface area contributed by atoms with Crippen LogP contribution < -0.4 is 5.73 Å². The third-order valence-corrected chi connectivity index (χ3v) is 1.76. The smallest absolute Gasteiger partial charge is 0.337 e. The fourth-order valence-electron chi connectivity index (χ4n) is 0.754. The van der Waals surface area contributed by atoms with Crippen LogP contribution in [0.1, 0.15) is 26.7 Å². The monoisotopic (exact) mass is 203 g/mol. The number of nitrogens with two attached hydrogens (primary N) is 1. The summed E-state index contributed by atoms with van der Waals surface area (Å²) in [5.41, 5.74) is 3.74. The molecule has 0 rings (SSSR count). The molecule has 0 aromatic rings. The highest BCUT2D eigenvalue weighted by Gasteiger charge is 2.39. The van der Waals surface area contributed by atoms with Crippen molar-refractivity contribution in [3.8, 4) is 0 Å². The zero-order chi connectivity index (χ0) is 11.2. The fraction of sp³-hybridized carbons (Fsp3) is 0.778. The van der Waals surface area contributed by atoms with Crippen LogP contribution in [0.25, 0.3) is 0 Å². The average Bonchev–Trinajstić information content (AvgIpc) is 2.16. The number of hydrogen-bond donors (Lipinski definition) is 1. The Hall–Kier alpha value is -1.10. The van der Waals surface area contributed by atoms with Crippen LogP contribution in [0, 0.1) is 0 Å². The van der Waals surface area contributed by atoms with Crippen molar-refractivity contribution in [2.75, 3.05) is 13.7 Å². The molecular weight excluding hydrogens is 186 g/mol. The average molecular weight is 203 g/mol. The molecule has 0 aliphatic carbocycles. The molecule has 0 aliphatic rings. The Morgan fingerprint density at radius 2 is 1.93 bits per heavy atom. The van der Waals surface area contributed by atoms with E-state index in [-0.39, 0.29) is 6.61 Å². The SMILES string of the molecule is CCCCOC(=O)C(C)(N)C(=O)OC. The predicted octanol–water partition coefficient (Wildman–Crippen LogP) is 0.220. The van der Waals surface area contributed by atoms with E-state index in [2.05, 4.69) is 4.74 Å². The Morgan fingerprint density at radius 3 is 2.36 bits per heavy atom. The topological polar surface area (TPSA) is 78.6 Å². The first-order valence-corrected chi connectivity index (χ1v) is 4.51. The Labute approximate surface area is 83.5 Å². The molecule has 0 spiro atoms. The van der Waals surface area contributed by atoms with Crippen molar-refractivity contribution in [3.63, 3.8) is 0 Å². The maximum atomic E-state index is 11.3. The number of carbonyl (C=O) groups is 2. The second kappa shape index (κ2) is 5.59. The third kappa shape index (κ3) is 3.33. The van der Waals surface area contributed by atoms with Gasteiger partial charge in [-0.25, -0.2) is 9.59 Å². The maximum Gasteiger partial charge on any atom is 0.337 e. The van der Waals surface area contributed by atoms with E-state index < -0.39 is 17.5 Å². The van der Waals surface area contributed by atoms with Crippen molar-refractivity contribution in [3.05, 3.63) is 0 Å². The molecular formula is C9H17NO4. The first-order valence-electron chi connectivity index (χ1n) is 4.51. The van der Waals surface area contributed by atoms with Crippen LogP contribution in [-0.2, 0) is 19.1 Å². The zero-order valence-electron chi connectivity index (χ0n) is 8.83. The van der Waals surface area contributed by atoms with Gasteiger partial charge in [-0.2, -0.15) is 0 Å². The summed E-state index contributed by atoms with van der Waals surface area (Å²) in [7, 11) is 1.17. The Morgan fingerprint density at radius 1 is 1.36 bits per heavy atom. The van der Waals surface area contributed by atoms with Gasteiger partial charge >= 0.3 is 11.9 Å². The first-order chi connectivity index (χ1) is 6.46. The molecule has 2 N–H and O–H groups in total. The third-order valence-electron chi connectivity index (χ3n) is 1.76. The van der Waals surface area contributed by atoms with Gasteiger partial charge in [0.25, 0.3) is 0 Å². The van der Waals surface area contributed by atoms with E-state index in [9.17, 15) is 9.59 Å². The summed E-state index contributed by atoms with van der Waals surface area (Å²) in [6.45, 7) is 3.52. The summed E-state index contributed by atoms with van der Waals surface area (Å²) in [4.78, 5) is 22.4. The summed E-state index contributed by atoms with van der Waals surface area (Å²) in [5.74, 6) is -1.54. The molecule has 14 heavy (non-hydrogen) atoms. The van der Waals surface area contributed by atoms with Crippen molar-refractivity contribution in [2.24, 2.45) is 5.73 Å². The van der Waals surface area contributed by atoms with E-state index in [0.29, 0.717) is 0 Å². The minimum atomic E-state index is -1.71. The quantitative estimate of drug-likeness (QED) is 0.393. The van der Waals surface area contributed by atoms with E-state index in [4.69, 9.17) is 10.5 Å². The molecule has 5 heteroatoms. The van der Waals surface area contributed by atoms with Crippen molar-refractivity contribution in [1.29, 1.82) is 0 Å². The number of methoxy groups -OCH3 is 1. The van der Waals surface area contributed by atoms with Gasteiger partial charge in [0, 0.05) is 0 Å². The molecule has 0 bridgehead atoms. The molecule has 5 nitrogen and oxygen atoms in total. The van der Waals surface area contributed by atoms with Crippen molar-refractivity contribution in [2.45, 2.75) is 32.2 Å². The van der Waals surface area contributed by atoms with E-state index in [1.54, 1.807) is 0 Å². The first kappa shape index (κ1) is 12.9. The van der Waals surface area contributed by atoms with Gasteiger partial charge in [-0.05, 0) is 13.3 Å². The summed E-state index contributed by atoms with van der Waals surface area (Å²) in [6.07, 6.45) is 1.66. The summed E-state index contributed by atoms with van der Waals surface area (Å²) >= 11 is 0. The Balaban J connectivity index is 4.15. The van der Waals surface area contributed by atoms with Crippen LogP contribution >= 0.6 is 0 Å². The van der Waals surface area contributed by atoms with Crippen LogP contribution in [0.15, 0.2) is 0 Å². The van der Waals surface area contributed by atoms with Crippen molar-refractivity contribution < 1.29 is 19.1 Å². The minimum Gasteiger partial charge on any atom is -0.467 e. The lowest BCUT2D eigenvalue weighted by Crippen LogP contribution is -2.53. The van der Waals surface area contributed by atoms with Gasteiger partial charge in [0.15, 0.2) is 0 Å². The van der Waals surface area contributed by atoms with Crippen molar-refractivity contribution >= 4 is 11.9 Å². The second-order valence-electron chi connectivity index (χ2n) is 3.18. The number of carbonyl (C=O) groups excluding carboxylic acids is 2. The summed E-state index contributed by atoms with van der Waals surface area (Å²) in [5, 5.41) is 0. The lowest BCUT2D eigenvalue weighted by Gasteiger charge is -2.19. The van der Waals surface area contributed by atoms with Gasteiger partial charge in [-0.3, -0.25) is 0 Å². The lowest BCUT2D eigenvalue weighted by atomic mass is 10.1. The molecule has 0 amide bonds. The van der Waals surface area contributed by atoms with E-state index in [1.807, 2.05) is 6.92 Å². The van der Waals surface area contributed by atoms with E-state index >= 15 is 0 Å². The van der Waals surface area contributed by atoms with Gasteiger partial charge in [-0.1, -0.05) is 13.3 Å². The van der Waals surface area contributed by atoms with E-state index in [1.165, 1.54) is 14.0 Å². The minimum absolute atomic E-state index is 0.277. The fourth-order valence-corrected chi connectivity index (χ4v) is 0.754. The molecule has 82 valence electrons. The van der Waals surface area contributed by atoms with Crippen LogP contribution in [0.4, 0.5) is 0 Å². The van der Waals surface area contributed by atoms with Gasteiger partial charge in [0.05, 0.1) is 13.7 Å². The molecule has 1 atom stereocenters. The molecule has 0 aromatic carbocycles. The summed E-state index contributed by atoms with van der Waals surface area (Å²) in [6, 6.07) is 0. The summed E-state index contributed by atoms with van der Waals surface area (Å²) < 4.78 is 9.18. The number of ether oxygens (including phenoxy) is 2. The normalized spacial score (nSPS) is 14.3. The lowest BCUT2D eigenvalue weighted by molar-refractivity contribution is -0.161. The molecule has 0 radical (unpaired) electrons. The molecule has 0 aliphatic heterocycles. The molecule has 0 fully saturated rings. The standard InChI is InChI=1S/C9H17NO4/c1-4-5-6-14-8(12)9(2,10)7(11)13-3/h4-6,10H2,1-3H3. The zero-order valence-corrected chi connectivity index (χ0v) is 8.83. The second-order valence-corrected chi connectivity index (χ2v) is 3.18. The molecule has 0 heterocycles. The predicted molar refractivity (Wildman–Crippen MR) is 50.5 cm³/mol. The number of rotatable bonds is 5. The van der Waals surface area contributed by atoms with Gasteiger partial charge < -0.3 is 15.2 Å². The van der Waals surface area contributed by atoms with Crippen LogP contribution in [0.2, 0.25) is 0 Å². The van der Waals surface area contributed by atoms with Gasteiger partial charge in [-0.15, -0.1) is 0 Å². The van der Waals surface area contributed by atoms with Crippen LogP contribution in [0.5, 0.6) is 0 Å². The molecule has 0 aromatic heterocycles. The van der Waals surface area contributed by atoms with Crippen LogP contribution in [-0.4, -0.2) is 31.2 Å². The number of esters is 2. The van der Waals surface area contributed by atoms with Crippen molar-refractivity contribution in [1.82, 2.24) is 0 Å². The highest BCUT2D eigenvalue weighted by molar-refractivity contribution is 6.04. The van der Waals surface area contributed by atoms with E-state index in [0.717, 1.165) is 12.8 Å². The Kier molecular flexibility index (Phi) is 5.15. The number of unbranched alkanes of at least 4 members (excludes halogenated alkanes) is 1.